The van der Waals surface area contributed by atoms with Crippen LogP contribution in [0.15, 0.2) is 79.0 Å². The molecule has 5 rings (SSSR count). The lowest BCUT2D eigenvalue weighted by atomic mass is 9.96. The van der Waals surface area contributed by atoms with E-state index < -0.39 is 0 Å². The second kappa shape index (κ2) is 9.09. The van der Waals surface area contributed by atoms with E-state index in [1.807, 2.05) is 88.4 Å². The van der Waals surface area contributed by atoms with Gasteiger partial charge in [-0.15, -0.1) is 0 Å². The molecule has 0 spiro atoms. The molecule has 4 aromatic rings. The largest absolute Gasteiger partial charge is 0.484 e. The predicted octanol–water partition coefficient (Wildman–Crippen LogP) is 4.26. The number of carbonyl (C=O) groups excluding carboxylic acids is 1. The van der Waals surface area contributed by atoms with Gasteiger partial charge < -0.3 is 15.0 Å². The number of rotatable bonds is 6. The second-order valence-electron chi connectivity index (χ2n) is 7.94. The highest BCUT2D eigenvalue weighted by Crippen LogP contribution is 2.27. The molecule has 1 aliphatic heterocycles. The van der Waals surface area contributed by atoms with Crippen molar-refractivity contribution in [3.05, 3.63) is 84.8 Å². The molecule has 7 nitrogen and oxygen atoms in total. The summed E-state index contributed by atoms with van der Waals surface area (Å²) in [5.41, 5.74) is 2.81. The lowest BCUT2D eigenvalue weighted by Gasteiger charge is -2.30. The normalized spacial score (nSPS) is 14.4. The minimum Gasteiger partial charge on any atom is -0.484 e. The van der Waals surface area contributed by atoms with Crippen molar-refractivity contribution >= 4 is 22.9 Å². The van der Waals surface area contributed by atoms with E-state index in [1.165, 1.54) is 0 Å². The number of fused-ring (bicyclic) bond motifs is 1. The second-order valence-corrected chi connectivity index (χ2v) is 7.94. The lowest BCUT2D eigenvalue weighted by molar-refractivity contribution is -0.134. The maximum atomic E-state index is 12.5. The van der Waals surface area contributed by atoms with Gasteiger partial charge in [0.15, 0.2) is 18.1 Å². The van der Waals surface area contributed by atoms with Crippen LogP contribution in [0.2, 0.25) is 0 Å². The summed E-state index contributed by atoms with van der Waals surface area (Å²) in [5.74, 6) is 1.83. The van der Waals surface area contributed by atoms with E-state index >= 15 is 0 Å². The Morgan fingerprint density at radius 2 is 1.66 bits per heavy atom. The zero-order valence-corrected chi connectivity index (χ0v) is 17.7. The van der Waals surface area contributed by atoms with Crippen LogP contribution in [0.3, 0.4) is 0 Å². The number of piperidine rings is 1. The number of carbonyl (C=O) groups is 1. The summed E-state index contributed by atoms with van der Waals surface area (Å²) in [6.45, 7) is 1.45. The van der Waals surface area contributed by atoms with Gasteiger partial charge in [0, 0.05) is 24.7 Å². The quantitative estimate of drug-likeness (QED) is 0.498. The first kappa shape index (κ1) is 20.1. The number of para-hydroxylation sites is 2. The van der Waals surface area contributed by atoms with E-state index in [1.54, 1.807) is 0 Å². The first-order chi connectivity index (χ1) is 15.7. The van der Waals surface area contributed by atoms with Crippen molar-refractivity contribution in [3.8, 4) is 5.75 Å². The van der Waals surface area contributed by atoms with Crippen LogP contribution in [-0.2, 0) is 4.79 Å². The van der Waals surface area contributed by atoms with E-state index in [2.05, 4.69) is 5.32 Å². The molecule has 0 aliphatic carbocycles. The van der Waals surface area contributed by atoms with Gasteiger partial charge in [-0.05, 0) is 49.2 Å². The van der Waals surface area contributed by atoms with Crippen LogP contribution >= 0.6 is 0 Å². The van der Waals surface area contributed by atoms with Crippen molar-refractivity contribution in [2.75, 3.05) is 25.0 Å². The highest BCUT2D eigenvalue weighted by atomic mass is 16.5. The Morgan fingerprint density at radius 1 is 0.938 bits per heavy atom. The number of nitrogens with one attached hydrogen (secondary N) is 1. The van der Waals surface area contributed by atoms with Crippen LogP contribution in [0.4, 0.5) is 11.4 Å². The molecule has 0 bridgehead atoms. The van der Waals surface area contributed by atoms with Crippen LogP contribution in [0.5, 0.6) is 5.75 Å². The monoisotopic (exact) mass is 427 g/mol. The molecule has 2 aromatic carbocycles. The van der Waals surface area contributed by atoms with Gasteiger partial charge in [0.25, 0.3) is 5.91 Å². The standard InChI is InChI=1S/C25H25N5O2/c31-24(18-32-22-9-5-2-6-10-22)29-15-13-19(14-16-29)25-27-23-12-11-21(17-30(23)28-25)26-20-7-3-1-4-8-20/h1-12,17,19,26H,13-16,18H2. The van der Waals surface area contributed by atoms with Crippen molar-refractivity contribution in [1.82, 2.24) is 19.5 Å². The molecule has 1 aliphatic rings. The fraction of sp³-hybridized carbons (Fsp3) is 0.240. The molecular weight excluding hydrogens is 402 g/mol. The molecule has 0 unspecified atom stereocenters. The van der Waals surface area contributed by atoms with E-state index in [9.17, 15) is 4.79 Å². The molecule has 162 valence electrons. The Bertz CT molecular complexity index is 1180. The molecule has 7 heteroatoms. The summed E-state index contributed by atoms with van der Waals surface area (Å²) in [5, 5.41) is 8.10. The lowest BCUT2D eigenvalue weighted by Crippen LogP contribution is -2.40. The summed E-state index contributed by atoms with van der Waals surface area (Å²) < 4.78 is 7.43. The van der Waals surface area contributed by atoms with E-state index in [4.69, 9.17) is 14.8 Å². The van der Waals surface area contributed by atoms with Crippen molar-refractivity contribution in [2.24, 2.45) is 0 Å². The van der Waals surface area contributed by atoms with Crippen LogP contribution in [0.1, 0.15) is 24.6 Å². The highest BCUT2D eigenvalue weighted by Gasteiger charge is 2.26. The van der Waals surface area contributed by atoms with Crippen LogP contribution < -0.4 is 10.1 Å². The number of hydrogen-bond donors (Lipinski definition) is 1. The van der Waals surface area contributed by atoms with Gasteiger partial charge >= 0.3 is 0 Å². The number of anilines is 2. The molecule has 1 fully saturated rings. The van der Waals surface area contributed by atoms with Gasteiger partial charge in [-0.25, -0.2) is 9.50 Å². The van der Waals surface area contributed by atoms with Gasteiger partial charge in [-0.2, -0.15) is 5.10 Å². The number of amides is 1. The maximum Gasteiger partial charge on any atom is 0.260 e. The molecule has 2 aromatic heterocycles. The molecule has 0 atom stereocenters. The smallest absolute Gasteiger partial charge is 0.260 e. The number of ether oxygens (including phenoxy) is 1. The van der Waals surface area contributed by atoms with Crippen molar-refractivity contribution in [3.63, 3.8) is 0 Å². The average Bonchev–Trinajstić information content (AvgIpc) is 3.27. The molecule has 0 saturated carbocycles. The zero-order valence-electron chi connectivity index (χ0n) is 17.7. The molecule has 0 radical (unpaired) electrons. The molecule has 32 heavy (non-hydrogen) atoms. The molecule has 1 saturated heterocycles. The number of hydrogen-bond acceptors (Lipinski definition) is 5. The minimum atomic E-state index is 0.0203. The summed E-state index contributed by atoms with van der Waals surface area (Å²) in [4.78, 5) is 19.1. The number of benzene rings is 2. The fourth-order valence-electron chi connectivity index (χ4n) is 3.98. The fourth-order valence-corrected chi connectivity index (χ4v) is 3.98. The third kappa shape index (κ3) is 4.56. The Labute approximate surface area is 186 Å². The van der Waals surface area contributed by atoms with E-state index in [0.29, 0.717) is 18.8 Å². The van der Waals surface area contributed by atoms with Crippen LogP contribution in [0, 0.1) is 0 Å². The van der Waals surface area contributed by atoms with Crippen molar-refractivity contribution in [1.29, 1.82) is 0 Å². The van der Waals surface area contributed by atoms with Gasteiger partial charge in [0.1, 0.15) is 5.75 Å². The number of likely N-dealkylation sites (tertiary alicyclic amines) is 1. The number of aromatic nitrogens is 3. The third-order valence-corrected chi connectivity index (χ3v) is 5.73. The average molecular weight is 428 g/mol. The Kier molecular flexibility index (Phi) is 5.70. The van der Waals surface area contributed by atoms with Crippen molar-refractivity contribution < 1.29 is 9.53 Å². The molecular formula is C25H25N5O2. The summed E-state index contributed by atoms with van der Waals surface area (Å²) in [6, 6.07) is 23.5. The SMILES string of the molecule is O=C(COc1ccccc1)N1CCC(c2nc3ccc(Nc4ccccc4)cn3n2)CC1. The third-order valence-electron chi connectivity index (χ3n) is 5.73. The van der Waals surface area contributed by atoms with Crippen molar-refractivity contribution in [2.45, 2.75) is 18.8 Å². The topological polar surface area (TPSA) is 71.8 Å². The van der Waals surface area contributed by atoms with Gasteiger partial charge in [-0.1, -0.05) is 36.4 Å². The Hall–Kier alpha value is -3.87. The molecule has 1 amide bonds. The molecule has 1 N–H and O–H groups in total. The van der Waals surface area contributed by atoms with Gasteiger partial charge in [0.05, 0.1) is 11.9 Å². The summed E-state index contributed by atoms with van der Waals surface area (Å²) in [6.07, 6.45) is 3.66. The first-order valence-corrected chi connectivity index (χ1v) is 10.9. The predicted molar refractivity (Wildman–Crippen MR) is 123 cm³/mol. The minimum absolute atomic E-state index is 0.0203. The number of nitrogens with zero attached hydrogens (tertiary/aromatic N) is 4. The van der Waals surface area contributed by atoms with Gasteiger partial charge in [-0.3, -0.25) is 4.79 Å². The Morgan fingerprint density at radius 3 is 2.41 bits per heavy atom. The van der Waals surface area contributed by atoms with Crippen LogP contribution in [0.25, 0.3) is 5.65 Å². The summed E-state index contributed by atoms with van der Waals surface area (Å²) >= 11 is 0. The number of pyridine rings is 1. The van der Waals surface area contributed by atoms with Gasteiger partial charge in [0.2, 0.25) is 0 Å². The van der Waals surface area contributed by atoms with E-state index in [0.717, 1.165) is 35.7 Å². The maximum absolute atomic E-state index is 12.5. The first-order valence-electron chi connectivity index (χ1n) is 10.9. The summed E-state index contributed by atoms with van der Waals surface area (Å²) in [7, 11) is 0. The highest BCUT2D eigenvalue weighted by molar-refractivity contribution is 5.77. The Balaban J connectivity index is 1.19. The molecule has 3 heterocycles. The van der Waals surface area contributed by atoms with Crippen LogP contribution in [-0.4, -0.2) is 45.1 Å². The van der Waals surface area contributed by atoms with E-state index in [-0.39, 0.29) is 18.4 Å². The zero-order chi connectivity index (χ0) is 21.8.